The Kier molecular flexibility index (Phi) is 6.13. The van der Waals surface area contributed by atoms with E-state index in [1.165, 1.54) is 4.90 Å². The average molecular weight is 357 g/mol. The van der Waals surface area contributed by atoms with Gasteiger partial charge in [-0.25, -0.2) is 0 Å². The lowest BCUT2D eigenvalue weighted by Gasteiger charge is -2.35. The summed E-state index contributed by atoms with van der Waals surface area (Å²) < 4.78 is 11.0. The molecule has 0 aliphatic carbocycles. The van der Waals surface area contributed by atoms with Gasteiger partial charge in [0.2, 0.25) is 0 Å². The van der Waals surface area contributed by atoms with Gasteiger partial charge in [0.15, 0.2) is 0 Å². The Hall–Kier alpha value is -1.82. The fraction of sp³-hybridized carbons (Fsp3) is 0.350. The van der Waals surface area contributed by atoms with Crippen molar-refractivity contribution in [2.75, 3.05) is 26.9 Å². The van der Waals surface area contributed by atoms with Crippen LogP contribution in [0.3, 0.4) is 0 Å². The fourth-order valence-electron chi connectivity index (χ4n) is 2.84. The summed E-state index contributed by atoms with van der Waals surface area (Å²) in [5.41, 5.74) is 0.354. The van der Waals surface area contributed by atoms with E-state index < -0.39 is 0 Å². The number of nitrogens with one attached hydrogen (secondary N) is 1. The van der Waals surface area contributed by atoms with Gasteiger partial charge in [-0.3, -0.25) is 4.79 Å². The number of benzene rings is 2. The van der Waals surface area contributed by atoms with E-state index in [4.69, 9.17) is 9.47 Å². The smallest absolute Gasteiger partial charge is 0.251 e. The summed E-state index contributed by atoms with van der Waals surface area (Å²) in [4.78, 5) is 14.7. The highest BCUT2D eigenvalue weighted by Crippen LogP contribution is 2.27. The number of methoxy groups -OCH3 is 1. The molecule has 1 fully saturated rings. The van der Waals surface area contributed by atoms with Crippen LogP contribution in [0.4, 0.5) is 0 Å². The molecule has 0 bridgehead atoms. The number of ether oxygens (including phenoxy) is 2. The topological polar surface area (TPSA) is 47.6 Å². The van der Waals surface area contributed by atoms with Crippen LogP contribution in [0.25, 0.3) is 0 Å². The minimum absolute atomic E-state index is 0.0702. The molecule has 0 unspecified atom stereocenters. The van der Waals surface area contributed by atoms with Crippen molar-refractivity contribution in [2.24, 2.45) is 0 Å². The molecule has 25 heavy (non-hydrogen) atoms. The first-order valence-corrected chi connectivity index (χ1v) is 9.26. The normalized spacial score (nSPS) is 16.4. The molecule has 1 amide bonds. The lowest BCUT2D eigenvalue weighted by atomic mass is 9.94. The number of hydrogen-bond acceptors (Lipinski definition) is 4. The van der Waals surface area contributed by atoms with Gasteiger partial charge in [-0.2, -0.15) is 0 Å². The van der Waals surface area contributed by atoms with Crippen LogP contribution in [-0.4, -0.2) is 38.4 Å². The first-order chi connectivity index (χ1) is 12.2. The number of carbonyl (C=O) groups excluding carboxylic acids is 1. The van der Waals surface area contributed by atoms with Crippen molar-refractivity contribution in [3.05, 3.63) is 60.2 Å². The molecule has 5 heteroatoms. The van der Waals surface area contributed by atoms with Gasteiger partial charge < -0.3 is 14.8 Å². The van der Waals surface area contributed by atoms with Crippen LogP contribution in [0, 0.1) is 0 Å². The zero-order valence-corrected chi connectivity index (χ0v) is 15.2. The third-order valence-electron chi connectivity index (χ3n) is 4.50. The van der Waals surface area contributed by atoms with Crippen LogP contribution in [0.15, 0.2) is 64.4 Å². The predicted molar refractivity (Wildman–Crippen MR) is 99.1 cm³/mol. The molecule has 2 aromatic rings. The second-order valence-electron chi connectivity index (χ2n) is 6.12. The van der Waals surface area contributed by atoms with Gasteiger partial charge >= 0.3 is 0 Å². The van der Waals surface area contributed by atoms with Gasteiger partial charge in [-0.05, 0) is 36.4 Å². The largest absolute Gasteiger partial charge is 0.381 e. The third-order valence-corrected chi connectivity index (χ3v) is 5.52. The summed E-state index contributed by atoms with van der Waals surface area (Å²) in [6.45, 7) is 1.86. The standard InChI is InChI=1S/C20H23NO3S/c1-23-20(11-13-24-14-12-20)15-21-19(22)16-7-9-18(10-8-16)25-17-5-3-2-4-6-17/h2-10H,11-15H2,1H3,(H,21,22). The number of carbonyl (C=O) groups is 1. The van der Waals surface area contributed by atoms with Gasteiger partial charge in [0.05, 0.1) is 5.60 Å². The molecule has 0 radical (unpaired) electrons. The van der Waals surface area contributed by atoms with Crippen molar-refractivity contribution in [1.29, 1.82) is 0 Å². The minimum Gasteiger partial charge on any atom is -0.381 e. The van der Waals surface area contributed by atoms with E-state index >= 15 is 0 Å². The van der Waals surface area contributed by atoms with Crippen LogP contribution in [0.1, 0.15) is 23.2 Å². The number of hydrogen-bond donors (Lipinski definition) is 1. The van der Waals surface area contributed by atoms with Crippen LogP contribution in [0.2, 0.25) is 0 Å². The van der Waals surface area contributed by atoms with Crippen LogP contribution < -0.4 is 5.32 Å². The Morgan fingerprint density at radius 1 is 1.08 bits per heavy atom. The van der Waals surface area contributed by atoms with E-state index in [-0.39, 0.29) is 11.5 Å². The highest BCUT2D eigenvalue weighted by molar-refractivity contribution is 7.99. The Balaban J connectivity index is 1.57. The van der Waals surface area contributed by atoms with E-state index in [2.05, 4.69) is 17.4 Å². The molecule has 0 aromatic heterocycles. The molecule has 2 aromatic carbocycles. The first kappa shape index (κ1) is 18.0. The van der Waals surface area contributed by atoms with Crippen LogP contribution in [-0.2, 0) is 9.47 Å². The summed E-state index contributed by atoms with van der Waals surface area (Å²) in [6, 6.07) is 17.9. The van der Waals surface area contributed by atoms with Crippen LogP contribution in [0.5, 0.6) is 0 Å². The lowest BCUT2D eigenvalue weighted by molar-refractivity contribution is -0.0864. The van der Waals surface area contributed by atoms with Gasteiger partial charge in [-0.1, -0.05) is 30.0 Å². The molecule has 4 nitrogen and oxygen atoms in total. The molecular formula is C20H23NO3S. The van der Waals surface area contributed by atoms with Crippen LogP contribution >= 0.6 is 11.8 Å². The Bertz CT molecular complexity index is 682. The molecule has 3 rings (SSSR count). The zero-order valence-electron chi connectivity index (χ0n) is 14.4. The second-order valence-corrected chi connectivity index (χ2v) is 7.27. The van der Waals surface area contributed by atoms with Crippen molar-refractivity contribution in [2.45, 2.75) is 28.2 Å². The molecule has 0 spiro atoms. The fourth-order valence-corrected chi connectivity index (χ4v) is 3.68. The predicted octanol–water partition coefficient (Wildman–Crippen LogP) is 3.76. The van der Waals surface area contributed by atoms with Crippen molar-refractivity contribution in [3.8, 4) is 0 Å². The second kappa shape index (κ2) is 8.52. The minimum atomic E-state index is -0.309. The molecule has 132 valence electrons. The summed E-state index contributed by atoms with van der Waals surface area (Å²) in [6.07, 6.45) is 1.60. The van der Waals surface area contributed by atoms with Crippen molar-refractivity contribution < 1.29 is 14.3 Å². The van der Waals surface area contributed by atoms with Gasteiger partial charge in [0, 0.05) is 55.1 Å². The quantitative estimate of drug-likeness (QED) is 0.855. The van der Waals surface area contributed by atoms with E-state index in [1.54, 1.807) is 18.9 Å². The molecule has 0 atom stereocenters. The first-order valence-electron chi connectivity index (χ1n) is 8.45. The summed E-state index contributed by atoms with van der Waals surface area (Å²) in [7, 11) is 1.70. The zero-order chi connectivity index (χ0) is 17.5. The molecule has 1 aliphatic heterocycles. The Labute approximate surface area is 152 Å². The average Bonchev–Trinajstić information content (AvgIpc) is 2.68. The van der Waals surface area contributed by atoms with Crippen molar-refractivity contribution >= 4 is 17.7 Å². The maximum absolute atomic E-state index is 12.4. The summed E-state index contributed by atoms with van der Waals surface area (Å²) in [5.74, 6) is -0.0702. The Morgan fingerprint density at radius 2 is 1.72 bits per heavy atom. The van der Waals surface area contributed by atoms with E-state index in [9.17, 15) is 4.79 Å². The SMILES string of the molecule is COC1(CNC(=O)c2ccc(Sc3ccccc3)cc2)CCOCC1. The van der Waals surface area contributed by atoms with Crippen molar-refractivity contribution in [1.82, 2.24) is 5.32 Å². The Morgan fingerprint density at radius 3 is 2.36 bits per heavy atom. The molecule has 1 saturated heterocycles. The molecule has 1 aliphatic rings. The van der Waals surface area contributed by atoms with E-state index in [1.807, 2.05) is 42.5 Å². The van der Waals surface area contributed by atoms with E-state index in [0.29, 0.717) is 25.3 Å². The molecule has 0 saturated carbocycles. The summed E-state index contributed by atoms with van der Waals surface area (Å²) >= 11 is 1.68. The van der Waals surface area contributed by atoms with Gasteiger partial charge in [-0.15, -0.1) is 0 Å². The lowest BCUT2D eigenvalue weighted by Crippen LogP contribution is -2.48. The maximum atomic E-state index is 12.4. The number of rotatable bonds is 6. The number of amides is 1. The molecular weight excluding hydrogens is 334 g/mol. The van der Waals surface area contributed by atoms with Crippen molar-refractivity contribution in [3.63, 3.8) is 0 Å². The van der Waals surface area contributed by atoms with Gasteiger partial charge in [0.1, 0.15) is 0 Å². The molecule has 1 N–H and O–H groups in total. The third kappa shape index (κ3) is 4.84. The van der Waals surface area contributed by atoms with Gasteiger partial charge in [0.25, 0.3) is 5.91 Å². The monoisotopic (exact) mass is 357 g/mol. The highest BCUT2D eigenvalue weighted by atomic mass is 32.2. The molecule has 1 heterocycles. The summed E-state index contributed by atoms with van der Waals surface area (Å²) in [5, 5.41) is 3.00. The highest BCUT2D eigenvalue weighted by Gasteiger charge is 2.32. The maximum Gasteiger partial charge on any atom is 0.251 e. The van der Waals surface area contributed by atoms with E-state index in [0.717, 1.165) is 17.7 Å².